The van der Waals surface area contributed by atoms with Gasteiger partial charge in [-0.05, 0) is 50.7 Å². The highest BCUT2D eigenvalue weighted by atomic mass is 16.5. The highest BCUT2D eigenvalue weighted by Gasteiger charge is 2.42. The van der Waals surface area contributed by atoms with Gasteiger partial charge in [0.1, 0.15) is 5.82 Å². The Morgan fingerprint density at radius 2 is 1.92 bits per heavy atom. The highest BCUT2D eigenvalue weighted by molar-refractivity contribution is 5.94. The molecule has 3 aliphatic rings. The number of carbonyl (C=O) groups excluding carboxylic acids is 1. The fraction of sp³-hybridized carbons (Fsp3) is 0.684. The lowest BCUT2D eigenvalue weighted by atomic mass is 9.98. The van der Waals surface area contributed by atoms with Gasteiger partial charge in [-0.1, -0.05) is 0 Å². The Kier molecular flexibility index (Phi) is 4.41. The molecule has 0 spiro atoms. The van der Waals surface area contributed by atoms with Crippen LogP contribution >= 0.6 is 0 Å². The van der Waals surface area contributed by atoms with Gasteiger partial charge in [0.25, 0.3) is 5.91 Å². The number of fused-ring (bicyclic) bond motifs is 1. The van der Waals surface area contributed by atoms with Crippen molar-refractivity contribution >= 4 is 11.7 Å². The predicted octanol–water partition coefficient (Wildman–Crippen LogP) is 1.50. The number of aromatic nitrogens is 1. The van der Waals surface area contributed by atoms with Crippen LogP contribution in [0.25, 0.3) is 0 Å². The molecule has 1 aromatic rings. The molecule has 3 heterocycles. The predicted molar refractivity (Wildman–Crippen MR) is 96.6 cm³/mol. The van der Waals surface area contributed by atoms with Gasteiger partial charge in [-0.15, -0.1) is 0 Å². The van der Waals surface area contributed by atoms with E-state index in [-0.39, 0.29) is 24.2 Å². The van der Waals surface area contributed by atoms with E-state index in [0.29, 0.717) is 17.4 Å². The minimum absolute atomic E-state index is 0.0874. The van der Waals surface area contributed by atoms with Crippen LogP contribution in [-0.4, -0.2) is 60.2 Å². The molecule has 0 bridgehead atoms. The van der Waals surface area contributed by atoms with E-state index < -0.39 is 0 Å². The Balaban J connectivity index is 1.43. The molecule has 1 saturated carbocycles. The molecule has 136 valence electrons. The first kappa shape index (κ1) is 16.8. The van der Waals surface area contributed by atoms with Crippen molar-refractivity contribution in [1.29, 1.82) is 0 Å². The number of hydrogen-bond acceptors (Lipinski definition) is 5. The van der Waals surface area contributed by atoms with Gasteiger partial charge in [-0.2, -0.15) is 0 Å². The van der Waals surface area contributed by atoms with Crippen LogP contribution in [0.1, 0.15) is 37.0 Å². The van der Waals surface area contributed by atoms with Gasteiger partial charge < -0.3 is 20.3 Å². The van der Waals surface area contributed by atoms with E-state index in [1.165, 1.54) is 0 Å². The summed E-state index contributed by atoms with van der Waals surface area (Å²) in [5, 5.41) is 0. The molecule has 5 unspecified atom stereocenters. The Hall–Kier alpha value is -1.66. The summed E-state index contributed by atoms with van der Waals surface area (Å²) in [6, 6.07) is 4.12. The SMILES string of the molecule is CC1CN(c2ccc(C(=O)N3CC4CCC(N)C4C3)cn2)CC(C)O1. The second kappa shape index (κ2) is 6.57. The van der Waals surface area contributed by atoms with Crippen molar-refractivity contribution in [2.75, 3.05) is 31.1 Å². The van der Waals surface area contributed by atoms with E-state index in [2.05, 4.69) is 23.7 Å². The molecule has 0 radical (unpaired) electrons. The largest absolute Gasteiger partial charge is 0.372 e. The van der Waals surface area contributed by atoms with Crippen LogP contribution in [0.2, 0.25) is 0 Å². The maximum absolute atomic E-state index is 12.8. The topological polar surface area (TPSA) is 71.7 Å². The van der Waals surface area contributed by atoms with Crippen LogP contribution < -0.4 is 10.6 Å². The maximum Gasteiger partial charge on any atom is 0.255 e. The quantitative estimate of drug-likeness (QED) is 0.880. The number of likely N-dealkylation sites (tertiary alicyclic amines) is 1. The average molecular weight is 344 g/mol. The minimum atomic E-state index is 0.0874. The average Bonchev–Trinajstić information content (AvgIpc) is 3.16. The normalized spacial score (nSPS) is 35.1. The van der Waals surface area contributed by atoms with E-state index >= 15 is 0 Å². The summed E-state index contributed by atoms with van der Waals surface area (Å²) in [5.74, 6) is 2.07. The third-order valence-electron chi connectivity index (χ3n) is 5.94. The summed E-state index contributed by atoms with van der Waals surface area (Å²) in [5.41, 5.74) is 6.85. The molecule has 1 amide bonds. The zero-order chi connectivity index (χ0) is 17.6. The molecule has 1 aromatic heterocycles. The van der Waals surface area contributed by atoms with E-state index in [9.17, 15) is 4.79 Å². The summed E-state index contributed by atoms with van der Waals surface area (Å²) in [6.07, 6.45) is 4.36. The Labute approximate surface area is 149 Å². The van der Waals surface area contributed by atoms with Crippen LogP contribution in [0.5, 0.6) is 0 Å². The number of rotatable bonds is 2. The molecule has 1 aliphatic carbocycles. The van der Waals surface area contributed by atoms with Crippen LogP contribution in [0, 0.1) is 11.8 Å². The summed E-state index contributed by atoms with van der Waals surface area (Å²) in [4.78, 5) is 21.5. The van der Waals surface area contributed by atoms with Crippen LogP contribution in [0.15, 0.2) is 18.3 Å². The third kappa shape index (κ3) is 3.25. The number of carbonyl (C=O) groups is 1. The Bertz CT molecular complexity index is 625. The first-order valence-corrected chi connectivity index (χ1v) is 9.42. The van der Waals surface area contributed by atoms with Gasteiger partial charge in [-0.25, -0.2) is 4.98 Å². The van der Waals surface area contributed by atoms with Crippen LogP contribution in [0.4, 0.5) is 5.82 Å². The van der Waals surface area contributed by atoms with E-state index in [1.807, 2.05) is 17.0 Å². The number of nitrogens with two attached hydrogens (primary N) is 1. The number of morpholine rings is 1. The first-order chi connectivity index (χ1) is 12.0. The van der Waals surface area contributed by atoms with Gasteiger partial charge in [0.05, 0.1) is 17.8 Å². The fourth-order valence-electron chi connectivity index (χ4n) is 4.72. The zero-order valence-electron chi connectivity index (χ0n) is 15.1. The molecule has 0 aromatic carbocycles. The molecule has 5 atom stereocenters. The van der Waals surface area contributed by atoms with Gasteiger partial charge >= 0.3 is 0 Å². The molecule has 2 saturated heterocycles. The lowest BCUT2D eigenvalue weighted by Crippen LogP contribution is -2.45. The maximum atomic E-state index is 12.8. The monoisotopic (exact) mass is 344 g/mol. The van der Waals surface area contributed by atoms with Crippen LogP contribution in [0.3, 0.4) is 0 Å². The number of ether oxygens (including phenoxy) is 1. The molecule has 2 N–H and O–H groups in total. The number of pyridine rings is 1. The van der Waals surface area contributed by atoms with Crippen LogP contribution in [-0.2, 0) is 4.74 Å². The summed E-state index contributed by atoms with van der Waals surface area (Å²) >= 11 is 0. The van der Waals surface area contributed by atoms with Crippen molar-refractivity contribution in [1.82, 2.24) is 9.88 Å². The fourth-order valence-corrected chi connectivity index (χ4v) is 4.72. The number of amides is 1. The van der Waals surface area contributed by atoms with E-state index in [0.717, 1.165) is 44.8 Å². The van der Waals surface area contributed by atoms with Gasteiger partial charge in [0, 0.05) is 38.4 Å². The molecule has 3 fully saturated rings. The molecule has 6 heteroatoms. The van der Waals surface area contributed by atoms with E-state index in [4.69, 9.17) is 10.5 Å². The van der Waals surface area contributed by atoms with Crippen molar-refractivity contribution in [3.63, 3.8) is 0 Å². The highest BCUT2D eigenvalue weighted by Crippen LogP contribution is 2.37. The van der Waals surface area contributed by atoms with Crippen molar-refractivity contribution < 1.29 is 9.53 Å². The summed E-state index contributed by atoms with van der Waals surface area (Å²) < 4.78 is 5.77. The molecular formula is C19H28N4O2. The first-order valence-electron chi connectivity index (χ1n) is 9.42. The second-order valence-electron chi connectivity index (χ2n) is 7.94. The number of anilines is 1. The van der Waals surface area contributed by atoms with Crippen molar-refractivity contribution in [2.24, 2.45) is 17.6 Å². The van der Waals surface area contributed by atoms with Crippen molar-refractivity contribution in [3.05, 3.63) is 23.9 Å². The number of nitrogens with zero attached hydrogens (tertiary/aromatic N) is 3. The lowest BCUT2D eigenvalue weighted by molar-refractivity contribution is -0.00546. The molecule has 4 rings (SSSR count). The minimum Gasteiger partial charge on any atom is -0.372 e. The summed E-state index contributed by atoms with van der Waals surface area (Å²) in [7, 11) is 0. The third-order valence-corrected chi connectivity index (χ3v) is 5.94. The molecular weight excluding hydrogens is 316 g/mol. The molecule has 6 nitrogen and oxygen atoms in total. The smallest absolute Gasteiger partial charge is 0.255 e. The molecule has 25 heavy (non-hydrogen) atoms. The second-order valence-corrected chi connectivity index (χ2v) is 7.94. The Morgan fingerprint density at radius 3 is 2.56 bits per heavy atom. The van der Waals surface area contributed by atoms with Crippen molar-refractivity contribution in [2.45, 2.75) is 44.9 Å². The standard InChI is InChI=1S/C19H28N4O2/c1-12-8-22(9-13(2)25-12)18-6-4-14(7-21-18)19(24)23-10-15-3-5-17(20)16(15)11-23/h4,6-7,12-13,15-17H,3,5,8-11,20H2,1-2H3. The molecule has 2 aliphatic heterocycles. The Morgan fingerprint density at radius 1 is 1.16 bits per heavy atom. The summed E-state index contributed by atoms with van der Waals surface area (Å²) in [6.45, 7) is 7.46. The van der Waals surface area contributed by atoms with E-state index in [1.54, 1.807) is 6.20 Å². The number of hydrogen-bond donors (Lipinski definition) is 1. The lowest BCUT2D eigenvalue weighted by Gasteiger charge is -2.36. The van der Waals surface area contributed by atoms with Gasteiger partial charge in [-0.3, -0.25) is 4.79 Å². The van der Waals surface area contributed by atoms with Gasteiger partial charge in [0.2, 0.25) is 0 Å². The van der Waals surface area contributed by atoms with Gasteiger partial charge in [0.15, 0.2) is 0 Å². The zero-order valence-corrected chi connectivity index (χ0v) is 15.1. The van der Waals surface area contributed by atoms with Crippen molar-refractivity contribution in [3.8, 4) is 0 Å².